The fourth-order valence-electron chi connectivity index (χ4n) is 4.16. The van der Waals surface area contributed by atoms with Crippen LogP contribution in [0.25, 0.3) is 22.3 Å². The van der Waals surface area contributed by atoms with E-state index in [1.165, 1.54) is 18.4 Å². The van der Waals surface area contributed by atoms with Gasteiger partial charge < -0.3 is 9.47 Å². The quantitative estimate of drug-likeness (QED) is 0.727. The number of carbonyl (C=O) groups is 1. The van der Waals surface area contributed by atoms with Crippen LogP contribution in [0.2, 0.25) is 0 Å². The van der Waals surface area contributed by atoms with Crippen LogP contribution in [0.4, 0.5) is 0 Å². The van der Waals surface area contributed by atoms with E-state index in [0.29, 0.717) is 24.3 Å². The molecule has 2 aliphatic rings. The summed E-state index contributed by atoms with van der Waals surface area (Å²) in [6.45, 7) is 3.81. The van der Waals surface area contributed by atoms with Gasteiger partial charge in [0.1, 0.15) is 5.82 Å². The van der Waals surface area contributed by atoms with Gasteiger partial charge in [-0.3, -0.25) is 9.78 Å². The summed E-state index contributed by atoms with van der Waals surface area (Å²) < 4.78 is 2.20. The van der Waals surface area contributed by atoms with E-state index in [0.717, 1.165) is 35.4 Å². The molecule has 3 aromatic rings. The second-order valence-corrected chi connectivity index (χ2v) is 7.58. The molecule has 5 heteroatoms. The van der Waals surface area contributed by atoms with Crippen molar-refractivity contribution < 1.29 is 4.79 Å². The first-order chi connectivity index (χ1) is 12.7. The van der Waals surface area contributed by atoms with Crippen LogP contribution in [0, 0.1) is 12.8 Å². The number of aromatic nitrogens is 3. The Balaban J connectivity index is 1.47. The second-order valence-electron chi connectivity index (χ2n) is 7.58. The first-order valence-corrected chi connectivity index (χ1v) is 9.36. The molecule has 1 amide bonds. The molecule has 5 rings (SSSR count). The topological polar surface area (TPSA) is 51.0 Å². The number of nitrogens with zero attached hydrogens (tertiary/aromatic N) is 4. The Kier molecular flexibility index (Phi) is 3.55. The van der Waals surface area contributed by atoms with Crippen molar-refractivity contribution in [1.82, 2.24) is 19.4 Å². The number of likely N-dealkylation sites (tertiary alicyclic amines) is 1. The summed E-state index contributed by atoms with van der Waals surface area (Å²) in [5, 5.41) is 1.13. The summed E-state index contributed by atoms with van der Waals surface area (Å²) in [6, 6.07) is 8.84. The average molecular weight is 346 g/mol. The number of amides is 1. The molecule has 3 heterocycles. The van der Waals surface area contributed by atoms with Crippen LogP contribution in [-0.2, 0) is 11.3 Å². The molecule has 0 bridgehead atoms. The monoisotopic (exact) mass is 346 g/mol. The van der Waals surface area contributed by atoms with Crippen molar-refractivity contribution in [2.75, 3.05) is 6.54 Å². The highest BCUT2D eigenvalue weighted by Crippen LogP contribution is 2.34. The van der Waals surface area contributed by atoms with Crippen LogP contribution in [0.15, 0.2) is 42.9 Å². The molecule has 1 aromatic carbocycles. The molecule has 26 heavy (non-hydrogen) atoms. The molecule has 2 aromatic heterocycles. The second kappa shape index (κ2) is 5.94. The fraction of sp³-hybridized carbons (Fsp3) is 0.381. The first kappa shape index (κ1) is 15.6. The maximum Gasteiger partial charge on any atom is 0.223 e. The van der Waals surface area contributed by atoms with Crippen LogP contribution >= 0.6 is 0 Å². The van der Waals surface area contributed by atoms with E-state index in [4.69, 9.17) is 0 Å². The van der Waals surface area contributed by atoms with E-state index >= 15 is 0 Å². The van der Waals surface area contributed by atoms with Gasteiger partial charge in [-0.2, -0.15) is 0 Å². The number of fused-ring (bicyclic) bond motifs is 1. The predicted octanol–water partition coefficient (Wildman–Crippen LogP) is 3.42. The van der Waals surface area contributed by atoms with Gasteiger partial charge in [-0.1, -0.05) is 18.2 Å². The van der Waals surface area contributed by atoms with Crippen molar-refractivity contribution in [3.8, 4) is 11.4 Å². The van der Waals surface area contributed by atoms with E-state index < -0.39 is 0 Å². The van der Waals surface area contributed by atoms with Crippen LogP contribution in [0.5, 0.6) is 0 Å². The minimum absolute atomic E-state index is 0.323. The van der Waals surface area contributed by atoms with Gasteiger partial charge in [0.25, 0.3) is 0 Å². The largest absolute Gasteiger partial charge is 0.339 e. The van der Waals surface area contributed by atoms with Crippen LogP contribution < -0.4 is 0 Å². The molecule has 5 nitrogen and oxygen atoms in total. The molecule has 1 saturated heterocycles. The molecule has 2 fully saturated rings. The summed E-state index contributed by atoms with van der Waals surface area (Å²) in [5.74, 6) is 1.65. The van der Waals surface area contributed by atoms with Gasteiger partial charge in [0.05, 0.1) is 5.52 Å². The highest BCUT2D eigenvalue weighted by Gasteiger charge is 2.39. The third-order valence-electron chi connectivity index (χ3n) is 5.61. The maximum absolute atomic E-state index is 12.3. The zero-order chi connectivity index (χ0) is 17.7. The Morgan fingerprint density at radius 2 is 2.04 bits per heavy atom. The van der Waals surface area contributed by atoms with E-state index in [2.05, 4.69) is 44.6 Å². The van der Waals surface area contributed by atoms with Gasteiger partial charge in [-0.05, 0) is 31.4 Å². The SMILES string of the molecule is Cc1ccc(-c2nccn2CC2CC(=O)N(C3CC3)C2)c2cccnc12. The Bertz CT molecular complexity index is 989. The molecule has 1 aliphatic carbocycles. The van der Waals surface area contributed by atoms with E-state index in [-0.39, 0.29) is 0 Å². The number of carbonyl (C=O) groups excluding carboxylic acids is 1. The summed E-state index contributed by atoms with van der Waals surface area (Å²) in [5.41, 5.74) is 3.30. The summed E-state index contributed by atoms with van der Waals surface area (Å²) in [6.07, 6.45) is 8.73. The van der Waals surface area contributed by atoms with Crippen LogP contribution in [0.1, 0.15) is 24.8 Å². The molecular weight excluding hydrogens is 324 g/mol. The number of rotatable bonds is 4. The Morgan fingerprint density at radius 1 is 1.15 bits per heavy atom. The summed E-state index contributed by atoms with van der Waals surface area (Å²) >= 11 is 0. The van der Waals surface area contributed by atoms with Crippen molar-refractivity contribution in [2.45, 2.75) is 38.8 Å². The number of pyridine rings is 1. The maximum atomic E-state index is 12.3. The first-order valence-electron chi connectivity index (χ1n) is 9.36. The van der Waals surface area contributed by atoms with Crippen molar-refractivity contribution in [2.24, 2.45) is 5.92 Å². The number of hydrogen-bond donors (Lipinski definition) is 0. The Labute approximate surface area is 152 Å². The van der Waals surface area contributed by atoms with Gasteiger partial charge in [-0.25, -0.2) is 4.98 Å². The van der Waals surface area contributed by atoms with E-state index in [1.807, 2.05) is 24.7 Å². The minimum atomic E-state index is 0.323. The highest BCUT2D eigenvalue weighted by molar-refractivity contribution is 5.94. The van der Waals surface area contributed by atoms with Gasteiger partial charge in [-0.15, -0.1) is 0 Å². The summed E-state index contributed by atoms with van der Waals surface area (Å²) in [4.78, 5) is 23.5. The molecule has 132 valence electrons. The molecule has 1 unspecified atom stereocenters. The number of aryl methyl sites for hydroxylation is 1. The predicted molar refractivity (Wildman–Crippen MR) is 101 cm³/mol. The van der Waals surface area contributed by atoms with Crippen LogP contribution in [0.3, 0.4) is 0 Å². The van der Waals surface area contributed by atoms with Gasteiger partial charge in [0, 0.05) is 61.0 Å². The lowest BCUT2D eigenvalue weighted by Crippen LogP contribution is -2.27. The molecule has 0 spiro atoms. The zero-order valence-electron chi connectivity index (χ0n) is 14.9. The highest BCUT2D eigenvalue weighted by atomic mass is 16.2. The Hall–Kier alpha value is -2.69. The van der Waals surface area contributed by atoms with Crippen molar-refractivity contribution >= 4 is 16.8 Å². The van der Waals surface area contributed by atoms with Gasteiger partial charge in [0.15, 0.2) is 0 Å². The van der Waals surface area contributed by atoms with Crippen molar-refractivity contribution in [3.05, 3.63) is 48.4 Å². The molecule has 1 saturated carbocycles. The van der Waals surface area contributed by atoms with Crippen molar-refractivity contribution in [3.63, 3.8) is 0 Å². The van der Waals surface area contributed by atoms with E-state index in [9.17, 15) is 4.79 Å². The zero-order valence-corrected chi connectivity index (χ0v) is 14.9. The molecule has 1 aliphatic heterocycles. The average Bonchev–Trinajstić information content (AvgIpc) is 3.29. The third kappa shape index (κ3) is 2.59. The Morgan fingerprint density at radius 3 is 2.88 bits per heavy atom. The lowest BCUT2D eigenvalue weighted by Gasteiger charge is -2.17. The number of imidazole rings is 1. The lowest BCUT2D eigenvalue weighted by atomic mass is 10.0. The minimum Gasteiger partial charge on any atom is -0.339 e. The van der Waals surface area contributed by atoms with E-state index in [1.54, 1.807) is 0 Å². The summed E-state index contributed by atoms with van der Waals surface area (Å²) in [7, 11) is 0. The molecule has 1 atom stereocenters. The number of hydrogen-bond acceptors (Lipinski definition) is 3. The van der Waals surface area contributed by atoms with Gasteiger partial charge in [0.2, 0.25) is 5.91 Å². The van der Waals surface area contributed by atoms with Gasteiger partial charge >= 0.3 is 0 Å². The van der Waals surface area contributed by atoms with Crippen LogP contribution in [-0.4, -0.2) is 37.9 Å². The third-order valence-corrected chi connectivity index (χ3v) is 5.61. The molecular formula is C21H22N4O. The molecule has 0 radical (unpaired) electrons. The fourth-order valence-corrected chi connectivity index (χ4v) is 4.16. The smallest absolute Gasteiger partial charge is 0.223 e. The molecule has 0 N–H and O–H groups in total. The standard InChI is InChI=1S/C21H22N4O/c1-14-4-7-18(17-3-2-8-22-20(14)17)21-23-9-10-24(21)12-15-11-19(26)25(13-15)16-5-6-16/h2-4,7-10,15-16H,5-6,11-13H2,1H3. The number of benzene rings is 1. The lowest BCUT2D eigenvalue weighted by molar-refractivity contribution is -0.128. The van der Waals surface area contributed by atoms with Crippen molar-refractivity contribution in [1.29, 1.82) is 0 Å². The normalized spacial score (nSPS) is 20.3.